The zero-order valence-electron chi connectivity index (χ0n) is 34.1. The molecule has 6 aromatic rings. The van der Waals surface area contributed by atoms with E-state index in [1.54, 1.807) is 16.5 Å². The molecule has 3 aliphatic rings. The number of H-pyrrole nitrogens is 1. The molecule has 59 heavy (non-hydrogen) atoms. The number of pyridine rings is 1. The predicted octanol–water partition coefficient (Wildman–Crippen LogP) is 7.40. The summed E-state index contributed by atoms with van der Waals surface area (Å²) in [6.07, 6.45) is 7.30. The van der Waals surface area contributed by atoms with Crippen molar-refractivity contribution >= 4 is 33.8 Å². The van der Waals surface area contributed by atoms with Crippen molar-refractivity contribution in [3.63, 3.8) is 0 Å². The number of carboxylic acid groups (broad SMARTS) is 1. The van der Waals surface area contributed by atoms with Gasteiger partial charge in [-0.25, -0.2) is 14.8 Å². The summed E-state index contributed by atoms with van der Waals surface area (Å²) in [4.78, 5) is 45.6. The lowest BCUT2D eigenvalue weighted by atomic mass is 9.71. The molecule has 6 heterocycles. The van der Waals surface area contributed by atoms with E-state index < -0.39 is 11.5 Å². The molecular formula is C47H53N7O5. The topological polar surface area (TPSA) is 129 Å². The number of aryl methyl sites for hydroxylation is 1. The maximum Gasteiger partial charge on any atom is 0.407 e. The maximum atomic E-state index is 13.1. The summed E-state index contributed by atoms with van der Waals surface area (Å²) in [6.45, 7) is 7.90. The normalized spacial score (nSPS) is 21.0. The largest absolute Gasteiger partial charge is 0.465 e. The van der Waals surface area contributed by atoms with E-state index in [1.807, 2.05) is 37.5 Å². The molecule has 0 bridgehead atoms. The van der Waals surface area contributed by atoms with Crippen LogP contribution in [0.3, 0.4) is 0 Å². The molecule has 12 heteroatoms. The van der Waals surface area contributed by atoms with Gasteiger partial charge in [-0.2, -0.15) is 0 Å². The van der Waals surface area contributed by atoms with Crippen LogP contribution >= 0.6 is 0 Å². The molecule has 9 rings (SSSR count). The van der Waals surface area contributed by atoms with Crippen molar-refractivity contribution in [2.45, 2.75) is 75.8 Å². The third kappa shape index (κ3) is 7.27. The van der Waals surface area contributed by atoms with Gasteiger partial charge in [-0.1, -0.05) is 66.7 Å². The standard InChI is InChI=1S/C47H53N7O5/c1-31-28-54(46(56)57)32(2)27-53(31)36-20-23-52(24-21-36)45-49-40-18-17-33(39-29-51(3)44(55)42-37(39)19-22-48-42)26-38(40)43(50-45)47(34-12-6-4-7-13-34,35-14-8-5-9-15-35)30-59-41-16-10-11-25-58-41/h4-9,12-15,17-19,22,26,29,31-32,36,41,48H,10-11,16,20-21,23-25,27-28,30H2,1-3H3,(H,56,57)/t31-,32+,41?/m0/s1. The molecule has 3 atom stereocenters. The molecule has 12 nitrogen and oxygen atoms in total. The van der Waals surface area contributed by atoms with Gasteiger partial charge in [0.2, 0.25) is 5.95 Å². The first-order valence-electron chi connectivity index (χ1n) is 21.0. The molecule has 2 N–H and O–H groups in total. The van der Waals surface area contributed by atoms with E-state index in [9.17, 15) is 14.7 Å². The summed E-state index contributed by atoms with van der Waals surface area (Å²) >= 11 is 0. The summed E-state index contributed by atoms with van der Waals surface area (Å²) in [5, 5.41) is 11.5. The number of piperazine rings is 1. The fraction of sp³-hybridized carbons (Fsp3) is 0.404. The number of carbonyl (C=O) groups is 1. The van der Waals surface area contributed by atoms with E-state index in [0.717, 1.165) is 96.0 Å². The first kappa shape index (κ1) is 38.9. The molecule has 3 aromatic heterocycles. The lowest BCUT2D eigenvalue weighted by Crippen LogP contribution is -2.61. The minimum Gasteiger partial charge on any atom is -0.465 e. The van der Waals surface area contributed by atoms with E-state index in [2.05, 4.69) is 88.4 Å². The summed E-state index contributed by atoms with van der Waals surface area (Å²) in [5.74, 6) is 0.677. The molecule has 0 radical (unpaired) electrons. The van der Waals surface area contributed by atoms with Crippen LogP contribution in [-0.2, 0) is 21.9 Å². The van der Waals surface area contributed by atoms with Crippen LogP contribution in [0.15, 0.2) is 102 Å². The Hall–Kier alpha value is -5.56. The van der Waals surface area contributed by atoms with Crippen LogP contribution in [0.5, 0.6) is 0 Å². The van der Waals surface area contributed by atoms with Crippen molar-refractivity contribution in [1.29, 1.82) is 0 Å². The van der Waals surface area contributed by atoms with Crippen LogP contribution in [0.1, 0.15) is 62.8 Å². The van der Waals surface area contributed by atoms with E-state index in [0.29, 0.717) is 37.3 Å². The Morgan fingerprint density at radius 1 is 0.898 bits per heavy atom. The van der Waals surface area contributed by atoms with Crippen LogP contribution in [0.25, 0.3) is 32.9 Å². The van der Waals surface area contributed by atoms with Crippen LogP contribution in [0.2, 0.25) is 0 Å². The van der Waals surface area contributed by atoms with Crippen molar-refractivity contribution in [2.75, 3.05) is 44.3 Å². The van der Waals surface area contributed by atoms with Crippen LogP contribution in [-0.4, -0.2) is 104 Å². The van der Waals surface area contributed by atoms with E-state index >= 15 is 0 Å². The molecule has 3 saturated heterocycles. The van der Waals surface area contributed by atoms with Crippen molar-refractivity contribution in [1.82, 2.24) is 29.3 Å². The molecule has 0 aliphatic carbocycles. The molecule has 1 unspecified atom stereocenters. The second-order valence-electron chi connectivity index (χ2n) is 16.6. The smallest absolute Gasteiger partial charge is 0.407 e. The number of hydrogen-bond acceptors (Lipinski definition) is 8. The summed E-state index contributed by atoms with van der Waals surface area (Å²) in [5.41, 5.74) is 5.29. The number of ether oxygens (including phenoxy) is 2. The third-order valence-electron chi connectivity index (χ3n) is 12.9. The van der Waals surface area contributed by atoms with Gasteiger partial charge in [0.05, 0.1) is 23.2 Å². The maximum absolute atomic E-state index is 13.1. The van der Waals surface area contributed by atoms with Gasteiger partial charge in [0.15, 0.2) is 6.29 Å². The predicted molar refractivity (Wildman–Crippen MR) is 230 cm³/mol. The van der Waals surface area contributed by atoms with Gasteiger partial charge in [0.25, 0.3) is 5.56 Å². The SMILES string of the molecule is C[C@@H]1CN(C2CCN(c3nc(C(COC4CCCCO4)(c4ccccc4)c4ccccc4)c4cc(-c5cn(C)c(=O)c6[nH]ccc56)ccc4n3)CC2)[C@@H](C)CN1C(=O)O. The monoisotopic (exact) mass is 795 g/mol. The molecular weight excluding hydrogens is 743 g/mol. The number of aromatic nitrogens is 4. The van der Waals surface area contributed by atoms with Gasteiger partial charge in [-0.15, -0.1) is 0 Å². The molecule has 1 amide bonds. The molecule has 3 aromatic carbocycles. The minimum absolute atomic E-state index is 0.0579. The van der Waals surface area contributed by atoms with Gasteiger partial charge in [-0.05, 0) is 80.8 Å². The van der Waals surface area contributed by atoms with Crippen LogP contribution < -0.4 is 10.5 Å². The quantitative estimate of drug-likeness (QED) is 0.154. The second kappa shape index (κ2) is 16.2. The number of fused-ring (bicyclic) bond motifs is 2. The fourth-order valence-corrected chi connectivity index (χ4v) is 9.76. The van der Waals surface area contributed by atoms with Gasteiger partial charge >= 0.3 is 6.09 Å². The highest BCUT2D eigenvalue weighted by Gasteiger charge is 2.42. The number of hydrogen-bond donors (Lipinski definition) is 2. The zero-order chi connectivity index (χ0) is 40.7. The van der Waals surface area contributed by atoms with E-state index in [-0.39, 0.29) is 23.9 Å². The van der Waals surface area contributed by atoms with Gasteiger partial charge in [0.1, 0.15) is 5.52 Å². The van der Waals surface area contributed by atoms with Crippen LogP contribution in [0.4, 0.5) is 10.7 Å². The Morgan fingerprint density at radius 3 is 2.31 bits per heavy atom. The summed E-state index contributed by atoms with van der Waals surface area (Å²) < 4.78 is 14.7. The molecule has 3 fully saturated rings. The number of piperidine rings is 1. The number of aromatic amines is 1. The Morgan fingerprint density at radius 2 is 1.63 bits per heavy atom. The average molecular weight is 796 g/mol. The Bertz CT molecular complexity index is 2450. The lowest BCUT2D eigenvalue weighted by Gasteiger charge is -2.48. The summed E-state index contributed by atoms with van der Waals surface area (Å²) in [7, 11) is 1.79. The number of rotatable bonds is 9. The van der Waals surface area contributed by atoms with Crippen molar-refractivity contribution in [3.05, 3.63) is 124 Å². The number of nitrogens with one attached hydrogen (secondary N) is 1. The second-order valence-corrected chi connectivity index (χ2v) is 16.6. The summed E-state index contributed by atoms with van der Waals surface area (Å²) in [6, 6.07) is 29.8. The molecule has 306 valence electrons. The first-order chi connectivity index (χ1) is 28.7. The van der Waals surface area contributed by atoms with Crippen LogP contribution in [0, 0.1) is 0 Å². The minimum atomic E-state index is -0.863. The fourth-order valence-electron chi connectivity index (χ4n) is 9.76. The van der Waals surface area contributed by atoms with E-state index in [1.165, 1.54) is 0 Å². The number of nitrogens with zero attached hydrogens (tertiary/aromatic N) is 6. The van der Waals surface area contributed by atoms with Crippen molar-refractivity contribution in [3.8, 4) is 11.1 Å². The first-order valence-corrected chi connectivity index (χ1v) is 21.0. The highest BCUT2D eigenvalue weighted by molar-refractivity contribution is 5.97. The molecule has 3 aliphatic heterocycles. The van der Waals surface area contributed by atoms with Gasteiger partial charge < -0.3 is 33.9 Å². The highest BCUT2D eigenvalue weighted by atomic mass is 16.7. The highest BCUT2D eigenvalue weighted by Crippen LogP contribution is 2.44. The molecule has 0 spiro atoms. The zero-order valence-corrected chi connectivity index (χ0v) is 34.1. The number of amides is 1. The Balaban J connectivity index is 1.19. The average Bonchev–Trinajstić information content (AvgIpc) is 3.77. The van der Waals surface area contributed by atoms with Crippen molar-refractivity contribution < 1.29 is 19.4 Å². The van der Waals surface area contributed by atoms with E-state index in [4.69, 9.17) is 19.4 Å². The van der Waals surface area contributed by atoms with Gasteiger partial charge in [0, 0.05) is 86.7 Å². The Labute approximate surface area is 344 Å². The Kier molecular flexibility index (Phi) is 10.7. The van der Waals surface area contributed by atoms with Crippen molar-refractivity contribution in [2.24, 2.45) is 7.05 Å². The molecule has 0 saturated carbocycles. The number of benzene rings is 3. The number of anilines is 1. The lowest BCUT2D eigenvalue weighted by molar-refractivity contribution is -0.167. The van der Waals surface area contributed by atoms with Gasteiger partial charge in [-0.3, -0.25) is 9.69 Å². The third-order valence-corrected chi connectivity index (χ3v) is 12.9.